The molecule has 116 valence electrons. The molecule has 1 aliphatic carbocycles. The number of aryl methyl sites for hydroxylation is 2. The summed E-state index contributed by atoms with van der Waals surface area (Å²) < 4.78 is 2.32. The number of imidazole rings is 1. The predicted molar refractivity (Wildman–Crippen MR) is 82.7 cm³/mol. The van der Waals surface area contributed by atoms with Crippen molar-refractivity contribution in [2.75, 3.05) is 6.54 Å². The van der Waals surface area contributed by atoms with Crippen molar-refractivity contribution < 1.29 is 4.79 Å². The molecule has 0 bridgehead atoms. The van der Waals surface area contributed by atoms with Crippen molar-refractivity contribution >= 4 is 5.91 Å². The molecule has 1 amide bonds. The van der Waals surface area contributed by atoms with Gasteiger partial charge in [-0.25, -0.2) is 9.97 Å². The first-order valence-corrected chi connectivity index (χ1v) is 7.74. The minimum atomic E-state index is -0.189. The average Bonchev–Trinajstić information content (AvgIpc) is 2.80. The molecule has 1 aliphatic rings. The topological polar surface area (TPSA) is 72.7 Å². The maximum absolute atomic E-state index is 12.0. The van der Waals surface area contributed by atoms with Gasteiger partial charge in [0, 0.05) is 37.1 Å². The zero-order chi connectivity index (χ0) is 15.5. The Kier molecular flexibility index (Phi) is 4.18. The maximum atomic E-state index is 12.0. The number of carbonyl (C=O) groups excluding carboxylic acids is 1. The van der Waals surface area contributed by atoms with E-state index in [-0.39, 0.29) is 5.91 Å². The summed E-state index contributed by atoms with van der Waals surface area (Å²) in [6.45, 7) is 4.49. The molecular formula is C16H21N5O. The molecule has 0 spiro atoms. The lowest BCUT2D eigenvalue weighted by atomic mass is 9.92. The Hall–Kier alpha value is -2.24. The lowest BCUT2D eigenvalue weighted by Gasteiger charge is -2.29. The fourth-order valence-electron chi connectivity index (χ4n) is 2.71. The Morgan fingerprint density at radius 1 is 1.23 bits per heavy atom. The summed E-state index contributed by atoms with van der Waals surface area (Å²) in [5.74, 6) is 0.864. The summed E-state index contributed by atoms with van der Waals surface area (Å²) in [6.07, 6.45) is 9.51. The highest BCUT2D eigenvalue weighted by molar-refractivity contribution is 5.91. The van der Waals surface area contributed by atoms with Crippen LogP contribution in [0.5, 0.6) is 0 Å². The minimum Gasteiger partial charge on any atom is -0.350 e. The van der Waals surface area contributed by atoms with E-state index in [2.05, 4.69) is 31.8 Å². The van der Waals surface area contributed by atoms with Gasteiger partial charge in [-0.1, -0.05) is 0 Å². The number of nitrogens with one attached hydrogen (secondary N) is 1. The summed E-state index contributed by atoms with van der Waals surface area (Å²) in [5, 5.41) is 2.88. The highest BCUT2D eigenvalue weighted by atomic mass is 16.1. The van der Waals surface area contributed by atoms with Crippen molar-refractivity contribution in [2.24, 2.45) is 0 Å². The van der Waals surface area contributed by atoms with Gasteiger partial charge in [-0.2, -0.15) is 0 Å². The van der Waals surface area contributed by atoms with E-state index in [1.807, 2.05) is 13.1 Å². The molecule has 2 aromatic rings. The summed E-state index contributed by atoms with van der Waals surface area (Å²) in [6, 6.07) is 0.594. The van der Waals surface area contributed by atoms with E-state index in [0.717, 1.165) is 17.9 Å². The van der Waals surface area contributed by atoms with Gasteiger partial charge in [-0.05, 0) is 33.1 Å². The summed E-state index contributed by atoms with van der Waals surface area (Å²) in [7, 11) is 0. The Labute approximate surface area is 130 Å². The van der Waals surface area contributed by atoms with Gasteiger partial charge in [0.1, 0.15) is 11.5 Å². The zero-order valence-electron chi connectivity index (χ0n) is 13.0. The number of carbonyl (C=O) groups is 1. The third kappa shape index (κ3) is 3.00. The van der Waals surface area contributed by atoms with Crippen LogP contribution in [0, 0.1) is 13.8 Å². The van der Waals surface area contributed by atoms with Crippen molar-refractivity contribution in [1.29, 1.82) is 0 Å². The van der Waals surface area contributed by atoms with Crippen LogP contribution in [0.15, 0.2) is 18.6 Å². The summed E-state index contributed by atoms with van der Waals surface area (Å²) in [5.41, 5.74) is 2.36. The standard InChI is InChI=1S/C16H21N5O/c1-11-8-19-14(10-18-11)16(22)17-7-6-15-20-9-12(2)21(15)13-4-3-5-13/h8-10,13H,3-7H2,1-2H3,(H,17,22). The van der Waals surface area contributed by atoms with E-state index in [0.29, 0.717) is 18.3 Å². The normalized spacial score (nSPS) is 14.6. The second kappa shape index (κ2) is 6.25. The molecule has 22 heavy (non-hydrogen) atoms. The lowest BCUT2D eigenvalue weighted by molar-refractivity contribution is 0.0948. The number of rotatable bonds is 5. The first-order chi connectivity index (χ1) is 10.6. The van der Waals surface area contributed by atoms with Crippen LogP contribution in [-0.2, 0) is 6.42 Å². The van der Waals surface area contributed by atoms with Gasteiger partial charge in [0.2, 0.25) is 0 Å². The SMILES string of the molecule is Cc1cnc(C(=O)NCCc2ncc(C)n2C2CCC2)cn1. The summed E-state index contributed by atoms with van der Waals surface area (Å²) in [4.78, 5) is 24.6. The van der Waals surface area contributed by atoms with Crippen LogP contribution in [0.3, 0.4) is 0 Å². The van der Waals surface area contributed by atoms with Crippen LogP contribution < -0.4 is 5.32 Å². The number of aromatic nitrogens is 4. The Bertz CT molecular complexity index is 658. The Morgan fingerprint density at radius 2 is 2.05 bits per heavy atom. The van der Waals surface area contributed by atoms with Gasteiger partial charge >= 0.3 is 0 Å². The molecule has 2 aromatic heterocycles. The van der Waals surface area contributed by atoms with Crippen LogP contribution in [0.2, 0.25) is 0 Å². The molecule has 0 aliphatic heterocycles. The minimum absolute atomic E-state index is 0.189. The van der Waals surface area contributed by atoms with Crippen LogP contribution in [-0.4, -0.2) is 32.0 Å². The molecule has 6 heteroatoms. The zero-order valence-corrected chi connectivity index (χ0v) is 13.0. The monoisotopic (exact) mass is 299 g/mol. The van der Waals surface area contributed by atoms with E-state index in [4.69, 9.17) is 0 Å². The highest BCUT2D eigenvalue weighted by Crippen LogP contribution is 2.33. The van der Waals surface area contributed by atoms with Gasteiger partial charge in [-0.3, -0.25) is 9.78 Å². The van der Waals surface area contributed by atoms with Crippen molar-refractivity contribution in [3.63, 3.8) is 0 Å². The molecule has 0 atom stereocenters. The molecule has 2 heterocycles. The third-order valence-electron chi connectivity index (χ3n) is 4.15. The van der Waals surface area contributed by atoms with Gasteiger partial charge in [0.15, 0.2) is 0 Å². The van der Waals surface area contributed by atoms with E-state index < -0.39 is 0 Å². The Morgan fingerprint density at radius 3 is 2.68 bits per heavy atom. The van der Waals surface area contributed by atoms with Crippen molar-refractivity contribution in [1.82, 2.24) is 24.8 Å². The number of hydrogen-bond donors (Lipinski definition) is 1. The first-order valence-electron chi connectivity index (χ1n) is 7.74. The van der Waals surface area contributed by atoms with Crippen LogP contribution in [0.4, 0.5) is 0 Å². The largest absolute Gasteiger partial charge is 0.350 e. The fraction of sp³-hybridized carbons (Fsp3) is 0.500. The van der Waals surface area contributed by atoms with Crippen molar-refractivity contribution in [3.05, 3.63) is 41.5 Å². The van der Waals surface area contributed by atoms with Crippen molar-refractivity contribution in [2.45, 2.75) is 45.6 Å². The van der Waals surface area contributed by atoms with Gasteiger partial charge < -0.3 is 9.88 Å². The smallest absolute Gasteiger partial charge is 0.271 e. The number of hydrogen-bond acceptors (Lipinski definition) is 4. The molecule has 0 unspecified atom stereocenters. The van der Waals surface area contributed by atoms with Gasteiger partial charge in [0.05, 0.1) is 11.9 Å². The Balaban J connectivity index is 1.57. The number of amides is 1. The molecule has 1 fully saturated rings. The molecule has 6 nitrogen and oxygen atoms in total. The molecule has 1 N–H and O–H groups in total. The van der Waals surface area contributed by atoms with Crippen LogP contribution in [0.25, 0.3) is 0 Å². The van der Waals surface area contributed by atoms with Gasteiger partial charge in [-0.15, -0.1) is 0 Å². The van der Waals surface area contributed by atoms with E-state index >= 15 is 0 Å². The molecular weight excluding hydrogens is 278 g/mol. The predicted octanol–water partition coefficient (Wildman–Crippen LogP) is 1.99. The van der Waals surface area contributed by atoms with Gasteiger partial charge in [0.25, 0.3) is 5.91 Å². The average molecular weight is 299 g/mol. The third-order valence-corrected chi connectivity index (χ3v) is 4.15. The summed E-state index contributed by atoms with van der Waals surface area (Å²) >= 11 is 0. The van der Waals surface area contributed by atoms with E-state index in [1.165, 1.54) is 31.2 Å². The molecule has 0 radical (unpaired) electrons. The van der Waals surface area contributed by atoms with E-state index in [1.54, 1.807) is 6.20 Å². The maximum Gasteiger partial charge on any atom is 0.271 e. The number of nitrogens with zero attached hydrogens (tertiary/aromatic N) is 4. The second-order valence-electron chi connectivity index (χ2n) is 5.82. The second-order valence-corrected chi connectivity index (χ2v) is 5.82. The molecule has 1 saturated carbocycles. The van der Waals surface area contributed by atoms with E-state index in [9.17, 15) is 4.79 Å². The fourth-order valence-corrected chi connectivity index (χ4v) is 2.71. The molecule has 0 aromatic carbocycles. The quantitative estimate of drug-likeness (QED) is 0.916. The van der Waals surface area contributed by atoms with Crippen LogP contribution in [0.1, 0.15) is 53.0 Å². The molecule has 3 rings (SSSR count). The molecule has 0 saturated heterocycles. The highest BCUT2D eigenvalue weighted by Gasteiger charge is 2.23. The first kappa shape index (κ1) is 14.7. The lowest BCUT2D eigenvalue weighted by Crippen LogP contribution is -2.28. The van der Waals surface area contributed by atoms with Crippen molar-refractivity contribution in [3.8, 4) is 0 Å². The van der Waals surface area contributed by atoms with Crippen LogP contribution >= 0.6 is 0 Å².